The van der Waals surface area contributed by atoms with Crippen LogP contribution in [0.2, 0.25) is 0 Å². The second-order valence-electron chi connectivity index (χ2n) is 5.78. The van der Waals surface area contributed by atoms with Gasteiger partial charge < -0.3 is 14.8 Å². The van der Waals surface area contributed by atoms with Crippen LogP contribution >= 0.6 is 11.8 Å². The molecule has 0 bridgehead atoms. The molecule has 0 atom stereocenters. The maximum Gasteiger partial charge on any atom is 0.321 e. The lowest BCUT2D eigenvalue weighted by Gasteiger charge is -2.08. The van der Waals surface area contributed by atoms with Gasteiger partial charge in [0.2, 0.25) is 12.7 Å². The van der Waals surface area contributed by atoms with Crippen molar-refractivity contribution in [3.8, 4) is 11.5 Å². The van der Waals surface area contributed by atoms with E-state index in [0.717, 1.165) is 21.9 Å². The molecule has 3 aromatic rings. The predicted octanol–water partition coefficient (Wildman–Crippen LogP) is 3.57. The number of fused-ring (bicyclic) bond motifs is 2. The molecule has 27 heavy (non-hydrogen) atoms. The average Bonchev–Trinajstić information content (AvgIpc) is 3.28. The molecule has 0 radical (unpaired) electrons. The second kappa shape index (κ2) is 7.43. The quantitative estimate of drug-likeness (QED) is 0.651. The lowest BCUT2D eigenvalue weighted by atomic mass is 10.2. The fourth-order valence-electron chi connectivity index (χ4n) is 2.75. The minimum absolute atomic E-state index is 0.0133. The number of carbonyl (C=O) groups is 1. The zero-order chi connectivity index (χ0) is 18.8. The van der Waals surface area contributed by atoms with Gasteiger partial charge in [0.05, 0.1) is 16.8 Å². The molecular weight excluding hydrogens is 376 g/mol. The third-order valence-electron chi connectivity index (χ3n) is 4.02. The highest BCUT2D eigenvalue weighted by Crippen LogP contribution is 2.32. The topological polar surface area (TPSA) is 65.4 Å². The van der Waals surface area contributed by atoms with Crippen LogP contribution < -0.4 is 14.8 Å². The van der Waals surface area contributed by atoms with Crippen LogP contribution in [-0.4, -0.2) is 28.0 Å². The van der Waals surface area contributed by atoms with Crippen LogP contribution in [0.3, 0.4) is 0 Å². The van der Waals surface area contributed by atoms with Gasteiger partial charge >= 0.3 is 6.55 Å². The fraction of sp³-hybridized carbons (Fsp3) is 0.222. The van der Waals surface area contributed by atoms with Crippen LogP contribution in [0.5, 0.6) is 11.5 Å². The first-order chi connectivity index (χ1) is 13.1. The number of hydrogen-bond donors (Lipinski definition) is 1. The number of benzene rings is 2. The van der Waals surface area contributed by atoms with E-state index in [4.69, 9.17) is 9.47 Å². The average molecular weight is 391 g/mol. The number of amides is 1. The Kier molecular flexibility index (Phi) is 4.85. The molecule has 0 unspecified atom stereocenters. The van der Waals surface area contributed by atoms with Gasteiger partial charge in [-0.3, -0.25) is 9.36 Å². The number of hydrogen-bond acceptors (Lipinski definition) is 5. The molecule has 2 aromatic carbocycles. The van der Waals surface area contributed by atoms with Crippen molar-refractivity contribution in [1.82, 2.24) is 14.9 Å². The first kappa shape index (κ1) is 17.6. The van der Waals surface area contributed by atoms with E-state index in [1.165, 1.54) is 0 Å². The fourth-order valence-corrected chi connectivity index (χ4v) is 3.59. The summed E-state index contributed by atoms with van der Waals surface area (Å²) in [5.74, 6) is 1.03. The third-order valence-corrected chi connectivity index (χ3v) is 4.97. The highest BCUT2D eigenvalue weighted by molar-refractivity contribution is 7.99. The van der Waals surface area contributed by atoms with Gasteiger partial charge in [-0.05, 0) is 29.8 Å². The summed E-state index contributed by atoms with van der Waals surface area (Å²) in [7, 11) is 0. The van der Waals surface area contributed by atoms with Crippen molar-refractivity contribution < 1.29 is 23.0 Å². The van der Waals surface area contributed by atoms with Crippen molar-refractivity contribution in [3.63, 3.8) is 0 Å². The Bertz CT molecular complexity index is 993. The van der Waals surface area contributed by atoms with E-state index in [2.05, 4.69) is 10.3 Å². The molecule has 1 aromatic heterocycles. The van der Waals surface area contributed by atoms with Gasteiger partial charge in [-0.15, -0.1) is 0 Å². The van der Waals surface area contributed by atoms with Crippen molar-refractivity contribution in [1.29, 1.82) is 0 Å². The molecule has 1 aliphatic heterocycles. The van der Waals surface area contributed by atoms with Gasteiger partial charge in [0, 0.05) is 6.54 Å². The van der Waals surface area contributed by atoms with Crippen LogP contribution in [-0.2, 0) is 11.3 Å². The Hall–Kier alpha value is -2.81. The van der Waals surface area contributed by atoms with Crippen molar-refractivity contribution in [2.75, 3.05) is 12.5 Å². The molecule has 1 N–H and O–H groups in total. The molecule has 140 valence electrons. The number of carbonyl (C=O) groups excluding carboxylic acids is 1. The van der Waals surface area contributed by atoms with E-state index in [9.17, 15) is 13.6 Å². The van der Waals surface area contributed by atoms with Gasteiger partial charge in [-0.2, -0.15) is 8.78 Å². The zero-order valence-corrected chi connectivity index (χ0v) is 14.8. The molecule has 2 heterocycles. The van der Waals surface area contributed by atoms with Crippen molar-refractivity contribution in [2.45, 2.75) is 18.3 Å². The first-order valence-electron chi connectivity index (χ1n) is 8.15. The number of para-hydroxylation sites is 2. The Morgan fingerprint density at radius 1 is 1.22 bits per heavy atom. The number of halogens is 2. The predicted molar refractivity (Wildman–Crippen MR) is 96.1 cm³/mol. The minimum atomic E-state index is -2.73. The van der Waals surface area contributed by atoms with E-state index < -0.39 is 6.55 Å². The number of nitrogens with one attached hydrogen (secondary N) is 1. The third kappa shape index (κ3) is 3.68. The van der Waals surface area contributed by atoms with Crippen LogP contribution in [0, 0.1) is 0 Å². The largest absolute Gasteiger partial charge is 0.454 e. The molecule has 0 spiro atoms. The lowest BCUT2D eigenvalue weighted by Crippen LogP contribution is -2.24. The SMILES string of the molecule is O=C(CSc1nc2ccccc2n1C(F)F)NCc1ccc2c(c1)OCO2. The first-order valence-corrected chi connectivity index (χ1v) is 9.13. The molecule has 9 heteroatoms. The smallest absolute Gasteiger partial charge is 0.321 e. The summed E-state index contributed by atoms with van der Waals surface area (Å²) >= 11 is 0.980. The van der Waals surface area contributed by atoms with E-state index in [0.29, 0.717) is 29.1 Å². The maximum absolute atomic E-state index is 13.4. The number of imidazole rings is 1. The summed E-state index contributed by atoms with van der Waals surface area (Å²) in [6, 6.07) is 12.1. The Morgan fingerprint density at radius 2 is 2.04 bits per heavy atom. The Morgan fingerprint density at radius 3 is 2.89 bits per heavy atom. The summed E-state index contributed by atoms with van der Waals surface area (Å²) in [6.07, 6.45) is 0. The Labute approximate surface area is 157 Å². The molecule has 1 aliphatic rings. The number of ether oxygens (including phenoxy) is 2. The number of nitrogens with zero attached hydrogens (tertiary/aromatic N) is 2. The summed E-state index contributed by atoms with van der Waals surface area (Å²) in [5, 5.41) is 2.88. The monoisotopic (exact) mass is 391 g/mol. The molecule has 4 rings (SSSR count). The molecule has 0 saturated carbocycles. The molecule has 6 nitrogen and oxygen atoms in total. The second-order valence-corrected chi connectivity index (χ2v) is 6.73. The highest BCUT2D eigenvalue weighted by atomic mass is 32.2. The van der Waals surface area contributed by atoms with Crippen LogP contribution in [0.25, 0.3) is 11.0 Å². The number of rotatable bonds is 6. The maximum atomic E-state index is 13.4. The summed E-state index contributed by atoms with van der Waals surface area (Å²) < 4.78 is 38.1. The summed E-state index contributed by atoms with van der Waals surface area (Å²) in [4.78, 5) is 16.3. The van der Waals surface area contributed by atoms with E-state index in [-0.39, 0.29) is 23.6 Å². The normalized spacial score (nSPS) is 12.7. The van der Waals surface area contributed by atoms with Crippen LogP contribution in [0.15, 0.2) is 47.6 Å². The zero-order valence-electron chi connectivity index (χ0n) is 14.0. The van der Waals surface area contributed by atoms with Crippen LogP contribution in [0.4, 0.5) is 8.78 Å². The van der Waals surface area contributed by atoms with Gasteiger partial charge in [0.25, 0.3) is 0 Å². The van der Waals surface area contributed by atoms with Crippen LogP contribution in [0.1, 0.15) is 12.1 Å². The lowest BCUT2D eigenvalue weighted by molar-refractivity contribution is -0.118. The molecule has 1 amide bonds. The van der Waals surface area contributed by atoms with Crippen molar-refractivity contribution in [3.05, 3.63) is 48.0 Å². The Balaban J connectivity index is 1.38. The van der Waals surface area contributed by atoms with Gasteiger partial charge in [0.15, 0.2) is 16.7 Å². The summed E-state index contributed by atoms with van der Waals surface area (Å²) in [5.41, 5.74) is 1.68. The highest BCUT2D eigenvalue weighted by Gasteiger charge is 2.19. The van der Waals surface area contributed by atoms with Gasteiger partial charge in [0.1, 0.15) is 0 Å². The molecule has 0 aliphatic carbocycles. The van der Waals surface area contributed by atoms with Gasteiger partial charge in [-0.25, -0.2) is 4.98 Å². The van der Waals surface area contributed by atoms with E-state index >= 15 is 0 Å². The molecule has 0 fully saturated rings. The summed E-state index contributed by atoms with van der Waals surface area (Å²) in [6.45, 7) is -2.23. The van der Waals surface area contributed by atoms with Crippen molar-refractivity contribution in [2.24, 2.45) is 0 Å². The number of aromatic nitrogens is 2. The minimum Gasteiger partial charge on any atom is -0.454 e. The van der Waals surface area contributed by atoms with Gasteiger partial charge in [-0.1, -0.05) is 30.0 Å². The van der Waals surface area contributed by atoms with E-state index in [1.807, 2.05) is 6.07 Å². The molecule has 0 saturated heterocycles. The van der Waals surface area contributed by atoms with E-state index in [1.54, 1.807) is 36.4 Å². The molecular formula is C18H15F2N3O3S. The standard InChI is InChI=1S/C18H15F2N3O3S/c19-17(20)23-13-4-2-1-3-12(13)22-18(23)27-9-16(24)21-8-11-5-6-14-15(7-11)26-10-25-14/h1-7,17H,8-10H2,(H,21,24). The van der Waals surface area contributed by atoms with Crippen molar-refractivity contribution >= 4 is 28.7 Å². The number of thioether (sulfide) groups is 1. The number of alkyl halides is 2.